The van der Waals surface area contributed by atoms with E-state index in [1.165, 1.54) is 41.8 Å². The van der Waals surface area contributed by atoms with Crippen LogP contribution in [0.2, 0.25) is 0 Å². The van der Waals surface area contributed by atoms with Gasteiger partial charge in [0.05, 0.1) is 10.6 Å². The van der Waals surface area contributed by atoms with Gasteiger partial charge in [-0.15, -0.1) is 11.8 Å². The molecule has 0 unspecified atom stereocenters. The smallest absolute Gasteiger partial charge is 0.387 e. The molecule has 0 bridgehead atoms. The molecule has 2 fully saturated rings. The van der Waals surface area contributed by atoms with Gasteiger partial charge < -0.3 is 19.7 Å². The maximum Gasteiger partial charge on any atom is 0.387 e. The molecule has 0 spiro atoms. The average molecular weight is 414 g/mol. The van der Waals surface area contributed by atoms with Crippen LogP contribution >= 0.6 is 11.8 Å². The molecule has 28 heavy (non-hydrogen) atoms. The molecule has 0 saturated carbocycles. The second-order valence-corrected chi connectivity index (χ2v) is 8.21. The van der Waals surface area contributed by atoms with Crippen LogP contribution in [-0.4, -0.2) is 52.1 Å². The first-order valence-corrected chi connectivity index (χ1v) is 9.71. The summed E-state index contributed by atoms with van der Waals surface area (Å²) >= 11 is 1.52. The van der Waals surface area contributed by atoms with Crippen molar-refractivity contribution in [1.29, 1.82) is 0 Å². The summed E-state index contributed by atoms with van der Waals surface area (Å²) < 4.78 is 34.5. The Balaban J connectivity index is 1.62. The normalized spacial score (nSPS) is 24.8. The number of amides is 2. The van der Waals surface area contributed by atoms with Crippen LogP contribution in [0.5, 0.6) is 5.75 Å². The molecule has 3 atom stereocenters. The van der Waals surface area contributed by atoms with E-state index < -0.39 is 35.5 Å². The number of carbonyl (C=O) groups is 3. The standard InChI is InChI=1S/C18H20F2N2O5S/c1-10(15(24)21-11-5-3-4-6-13(11)27-17(19)20)26-16(25)12-9-28-18(2)8-7-14(23)22(12)18/h3-6,10,12,17H,7-9H2,1-2H3,(H,21,24)/t10-,12+,18-/m0/s1. The van der Waals surface area contributed by atoms with Gasteiger partial charge in [0.25, 0.3) is 5.91 Å². The van der Waals surface area contributed by atoms with E-state index in [9.17, 15) is 23.2 Å². The molecule has 0 radical (unpaired) electrons. The number of ether oxygens (including phenoxy) is 2. The highest BCUT2D eigenvalue weighted by atomic mass is 32.2. The molecule has 2 heterocycles. The number of rotatable bonds is 6. The largest absolute Gasteiger partial charge is 0.451 e. The van der Waals surface area contributed by atoms with Gasteiger partial charge in [0, 0.05) is 12.2 Å². The van der Waals surface area contributed by atoms with Gasteiger partial charge in [-0.2, -0.15) is 8.78 Å². The summed E-state index contributed by atoms with van der Waals surface area (Å²) in [7, 11) is 0. The number of para-hydroxylation sites is 2. The van der Waals surface area contributed by atoms with E-state index in [-0.39, 0.29) is 17.3 Å². The van der Waals surface area contributed by atoms with Crippen LogP contribution in [0.4, 0.5) is 14.5 Å². The Bertz CT molecular complexity index is 793. The number of halogens is 2. The molecule has 1 aromatic carbocycles. The molecule has 0 aromatic heterocycles. The molecule has 2 amide bonds. The summed E-state index contributed by atoms with van der Waals surface area (Å²) in [5.41, 5.74) is 0.0365. The van der Waals surface area contributed by atoms with E-state index in [0.29, 0.717) is 18.6 Å². The van der Waals surface area contributed by atoms with Crippen molar-refractivity contribution >= 4 is 35.2 Å². The maximum absolute atomic E-state index is 12.5. The third kappa shape index (κ3) is 4.06. The minimum Gasteiger partial charge on any atom is -0.451 e. The van der Waals surface area contributed by atoms with Gasteiger partial charge in [-0.3, -0.25) is 9.59 Å². The number of benzene rings is 1. The molecule has 2 saturated heterocycles. The Morgan fingerprint density at radius 1 is 1.36 bits per heavy atom. The zero-order chi connectivity index (χ0) is 20.5. The Kier molecular flexibility index (Phi) is 5.78. The van der Waals surface area contributed by atoms with Crippen molar-refractivity contribution in [2.75, 3.05) is 11.1 Å². The summed E-state index contributed by atoms with van der Waals surface area (Å²) in [5, 5.41) is 2.41. The molecule has 10 heteroatoms. The number of esters is 1. The van der Waals surface area contributed by atoms with Gasteiger partial charge in [0.15, 0.2) is 6.10 Å². The van der Waals surface area contributed by atoms with Gasteiger partial charge in [-0.1, -0.05) is 12.1 Å². The van der Waals surface area contributed by atoms with Crippen molar-refractivity contribution in [3.8, 4) is 5.75 Å². The first-order chi connectivity index (χ1) is 13.2. The molecule has 2 aliphatic heterocycles. The number of thioether (sulfide) groups is 1. The van der Waals surface area contributed by atoms with Gasteiger partial charge in [-0.25, -0.2) is 4.79 Å². The number of nitrogens with zero attached hydrogens (tertiary/aromatic N) is 1. The first-order valence-electron chi connectivity index (χ1n) is 8.72. The fourth-order valence-corrected chi connectivity index (χ4v) is 4.72. The summed E-state index contributed by atoms with van der Waals surface area (Å²) in [6.07, 6.45) is -0.136. The molecular weight excluding hydrogens is 394 g/mol. The van der Waals surface area contributed by atoms with E-state index in [4.69, 9.17) is 4.74 Å². The molecule has 7 nitrogen and oxygen atoms in total. The van der Waals surface area contributed by atoms with Crippen LogP contribution in [-0.2, 0) is 19.1 Å². The third-order valence-electron chi connectivity index (χ3n) is 4.74. The SMILES string of the molecule is C[C@H](OC(=O)[C@H]1CS[C@@]2(C)CCC(=O)N12)C(=O)Nc1ccccc1OC(F)F. The van der Waals surface area contributed by atoms with Crippen LogP contribution in [0.25, 0.3) is 0 Å². The van der Waals surface area contributed by atoms with Crippen LogP contribution in [0, 0.1) is 0 Å². The van der Waals surface area contributed by atoms with Gasteiger partial charge in [0.1, 0.15) is 11.8 Å². The lowest BCUT2D eigenvalue weighted by Gasteiger charge is -2.29. The van der Waals surface area contributed by atoms with Crippen molar-refractivity contribution < 1.29 is 32.6 Å². The summed E-state index contributed by atoms with van der Waals surface area (Å²) in [6.45, 7) is 0.239. The van der Waals surface area contributed by atoms with E-state index in [1.807, 2.05) is 6.92 Å². The number of alkyl halides is 2. The van der Waals surface area contributed by atoms with Crippen LogP contribution in [0.1, 0.15) is 26.7 Å². The molecule has 3 rings (SSSR count). The number of hydrogen-bond acceptors (Lipinski definition) is 6. The average Bonchev–Trinajstić information content (AvgIpc) is 3.12. The minimum absolute atomic E-state index is 0.0365. The van der Waals surface area contributed by atoms with E-state index in [2.05, 4.69) is 10.1 Å². The molecule has 2 aliphatic rings. The van der Waals surface area contributed by atoms with Gasteiger partial charge in [0.2, 0.25) is 5.91 Å². The van der Waals surface area contributed by atoms with Crippen LogP contribution in [0.3, 0.4) is 0 Å². The number of hydrogen-bond donors (Lipinski definition) is 1. The monoisotopic (exact) mass is 414 g/mol. The summed E-state index contributed by atoms with van der Waals surface area (Å²) in [4.78, 5) is 38.1. The lowest BCUT2D eigenvalue weighted by atomic mass is 10.2. The van der Waals surface area contributed by atoms with E-state index in [0.717, 1.165) is 0 Å². The zero-order valence-corrected chi connectivity index (χ0v) is 16.1. The fraction of sp³-hybridized carbons (Fsp3) is 0.500. The van der Waals surface area contributed by atoms with Gasteiger partial charge in [-0.05, 0) is 32.4 Å². The summed E-state index contributed by atoms with van der Waals surface area (Å²) in [5.74, 6) is -1.26. The number of nitrogens with one attached hydrogen (secondary N) is 1. The number of fused-ring (bicyclic) bond motifs is 1. The fourth-order valence-electron chi connectivity index (χ4n) is 3.30. The van der Waals surface area contributed by atoms with Crippen molar-refractivity contribution in [2.45, 2.75) is 50.3 Å². The topological polar surface area (TPSA) is 84.9 Å². The van der Waals surface area contributed by atoms with Crippen molar-refractivity contribution in [1.82, 2.24) is 4.90 Å². The predicted octanol–water partition coefficient (Wildman–Crippen LogP) is 2.61. The van der Waals surface area contributed by atoms with Crippen LogP contribution < -0.4 is 10.1 Å². The Morgan fingerprint density at radius 2 is 2.07 bits per heavy atom. The van der Waals surface area contributed by atoms with E-state index in [1.54, 1.807) is 6.07 Å². The molecule has 0 aliphatic carbocycles. The summed E-state index contributed by atoms with van der Waals surface area (Å²) in [6, 6.07) is 4.97. The van der Waals surface area contributed by atoms with Crippen LogP contribution in [0.15, 0.2) is 24.3 Å². The van der Waals surface area contributed by atoms with Crippen molar-refractivity contribution in [2.24, 2.45) is 0 Å². The van der Waals surface area contributed by atoms with Crippen molar-refractivity contribution in [3.05, 3.63) is 24.3 Å². The highest BCUT2D eigenvalue weighted by Crippen LogP contribution is 2.47. The maximum atomic E-state index is 12.5. The Labute approximate surface area is 164 Å². The highest BCUT2D eigenvalue weighted by Gasteiger charge is 2.53. The van der Waals surface area contributed by atoms with Crippen molar-refractivity contribution in [3.63, 3.8) is 0 Å². The molecule has 152 valence electrons. The number of anilines is 1. The number of carbonyl (C=O) groups excluding carboxylic acids is 3. The lowest BCUT2D eigenvalue weighted by Crippen LogP contribution is -2.48. The lowest BCUT2D eigenvalue weighted by molar-refractivity contribution is -0.160. The molecular formula is C18H20F2N2O5S. The second kappa shape index (κ2) is 7.94. The predicted molar refractivity (Wildman–Crippen MR) is 98.0 cm³/mol. The zero-order valence-electron chi connectivity index (χ0n) is 15.3. The minimum atomic E-state index is -3.04. The highest BCUT2D eigenvalue weighted by molar-refractivity contribution is 8.01. The Morgan fingerprint density at radius 3 is 2.79 bits per heavy atom. The van der Waals surface area contributed by atoms with Gasteiger partial charge >= 0.3 is 12.6 Å². The third-order valence-corrected chi connectivity index (χ3v) is 6.25. The molecule has 1 aromatic rings. The molecule has 1 N–H and O–H groups in total. The quantitative estimate of drug-likeness (QED) is 0.721. The second-order valence-electron chi connectivity index (χ2n) is 6.71. The first kappa shape index (κ1) is 20.4. The Hall–Kier alpha value is -2.36. The van der Waals surface area contributed by atoms with E-state index >= 15 is 0 Å².